The van der Waals surface area contributed by atoms with E-state index in [1.807, 2.05) is 0 Å². The molecule has 5 nitrogen and oxygen atoms in total. The highest BCUT2D eigenvalue weighted by molar-refractivity contribution is 5.81. The van der Waals surface area contributed by atoms with Crippen molar-refractivity contribution in [1.29, 1.82) is 0 Å². The smallest absolute Gasteiger partial charge is 0.221 e. The summed E-state index contributed by atoms with van der Waals surface area (Å²) in [5, 5.41) is 9.69. The van der Waals surface area contributed by atoms with Gasteiger partial charge < -0.3 is 16.0 Å². The van der Waals surface area contributed by atoms with Crippen LogP contribution < -0.4 is 16.0 Å². The quantitative estimate of drug-likeness (QED) is 0.476. The lowest BCUT2D eigenvalue weighted by molar-refractivity contribution is -0.121. The molecule has 0 spiro atoms. The zero-order chi connectivity index (χ0) is 16.2. The lowest BCUT2D eigenvalue weighted by Crippen LogP contribution is -2.42. The maximum absolute atomic E-state index is 11.9. The fraction of sp³-hybridized carbons (Fsp3) is 0.882. The molecule has 0 aromatic carbocycles. The summed E-state index contributed by atoms with van der Waals surface area (Å²) >= 11 is 0. The van der Waals surface area contributed by atoms with E-state index < -0.39 is 0 Å². The number of guanidine groups is 1. The van der Waals surface area contributed by atoms with Crippen LogP contribution in [0.5, 0.6) is 0 Å². The second kappa shape index (κ2) is 11.3. The fourth-order valence-electron chi connectivity index (χ4n) is 2.88. The van der Waals surface area contributed by atoms with Crippen molar-refractivity contribution in [3.8, 4) is 0 Å². The molecule has 0 bridgehead atoms. The molecule has 1 aliphatic carbocycles. The van der Waals surface area contributed by atoms with Gasteiger partial charge in [-0.25, -0.2) is 0 Å². The van der Waals surface area contributed by atoms with Gasteiger partial charge in [-0.1, -0.05) is 46.0 Å². The minimum absolute atomic E-state index is 0.148. The lowest BCUT2D eigenvalue weighted by Gasteiger charge is -2.23. The van der Waals surface area contributed by atoms with E-state index in [0.717, 1.165) is 25.3 Å². The Morgan fingerprint density at radius 3 is 2.41 bits per heavy atom. The Hall–Kier alpha value is -1.26. The molecular weight excluding hydrogens is 276 g/mol. The number of carbonyl (C=O) groups excluding carboxylic acids is 1. The van der Waals surface area contributed by atoms with Crippen molar-refractivity contribution < 1.29 is 4.79 Å². The Morgan fingerprint density at radius 2 is 1.82 bits per heavy atom. The van der Waals surface area contributed by atoms with Gasteiger partial charge in [-0.05, 0) is 18.8 Å². The van der Waals surface area contributed by atoms with Crippen LogP contribution in [0.4, 0.5) is 0 Å². The predicted octanol–water partition coefficient (Wildman–Crippen LogP) is 2.43. The number of rotatable bonds is 8. The zero-order valence-corrected chi connectivity index (χ0v) is 14.6. The summed E-state index contributed by atoms with van der Waals surface area (Å²) in [6, 6.07) is 0.397. The topological polar surface area (TPSA) is 65.5 Å². The third kappa shape index (κ3) is 7.66. The second-order valence-electron chi connectivity index (χ2n) is 6.21. The second-order valence-corrected chi connectivity index (χ2v) is 6.21. The number of aliphatic imine (C=N–C) groups is 1. The van der Waals surface area contributed by atoms with E-state index in [-0.39, 0.29) is 5.91 Å². The van der Waals surface area contributed by atoms with Crippen LogP contribution in [-0.2, 0) is 4.79 Å². The molecule has 22 heavy (non-hydrogen) atoms. The first-order valence-electron chi connectivity index (χ1n) is 8.93. The SMILES string of the molecule is CCC(CC)CNC(=NC)NCCC(=O)NC1CCCCC1. The summed E-state index contributed by atoms with van der Waals surface area (Å²) in [6.45, 7) is 5.98. The first kappa shape index (κ1) is 18.8. The Labute approximate surface area is 135 Å². The van der Waals surface area contributed by atoms with Crippen molar-refractivity contribution in [2.24, 2.45) is 10.9 Å². The van der Waals surface area contributed by atoms with Gasteiger partial charge >= 0.3 is 0 Å². The Balaban J connectivity index is 2.16. The highest BCUT2D eigenvalue weighted by Gasteiger charge is 2.15. The molecule has 5 heteroatoms. The molecule has 0 radical (unpaired) electrons. The monoisotopic (exact) mass is 310 g/mol. The first-order valence-corrected chi connectivity index (χ1v) is 8.93. The summed E-state index contributed by atoms with van der Waals surface area (Å²) < 4.78 is 0. The van der Waals surface area contributed by atoms with Gasteiger partial charge in [0.15, 0.2) is 5.96 Å². The van der Waals surface area contributed by atoms with Gasteiger partial charge in [0.05, 0.1) is 0 Å². The molecule has 0 aromatic rings. The van der Waals surface area contributed by atoms with Crippen LogP contribution >= 0.6 is 0 Å². The van der Waals surface area contributed by atoms with Crippen molar-refractivity contribution >= 4 is 11.9 Å². The van der Waals surface area contributed by atoms with Crippen molar-refractivity contribution in [1.82, 2.24) is 16.0 Å². The Morgan fingerprint density at radius 1 is 1.14 bits per heavy atom. The minimum atomic E-state index is 0.148. The molecule has 1 saturated carbocycles. The molecule has 0 aliphatic heterocycles. The molecule has 0 aromatic heterocycles. The molecular formula is C17H34N4O. The van der Waals surface area contributed by atoms with Crippen LogP contribution in [0.2, 0.25) is 0 Å². The zero-order valence-electron chi connectivity index (χ0n) is 14.6. The third-order valence-electron chi connectivity index (χ3n) is 4.55. The molecule has 0 unspecified atom stereocenters. The number of hydrogen-bond donors (Lipinski definition) is 3. The van der Waals surface area contributed by atoms with Crippen molar-refractivity contribution in [2.75, 3.05) is 20.1 Å². The van der Waals surface area contributed by atoms with E-state index in [1.54, 1.807) is 7.05 Å². The number of nitrogens with one attached hydrogen (secondary N) is 3. The van der Waals surface area contributed by atoms with Crippen molar-refractivity contribution in [3.63, 3.8) is 0 Å². The van der Waals surface area contributed by atoms with Gasteiger partial charge in [-0.15, -0.1) is 0 Å². The van der Waals surface area contributed by atoms with Gasteiger partial charge in [0.2, 0.25) is 5.91 Å². The molecule has 0 atom stereocenters. The van der Waals surface area contributed by atoms with E-state index in [0.29, 0.717) is 24.9 Å². The highest BCUT2D eigenvalue weighted by atomic mass is 16.1. The number of hydrogen-bond acceptors (Lipinski definition) is 2. The van der Waals surface area contributed by atoms with Gasteiger partial charge in [0.1, 0.15) is 0 Å². The summed E-state index contributed by atoms with van der Waals surface area (Å²) in [7, 11) is 1.77. The van der Waals surface area contributed by atoms with Crippen LogP contribution in [0.15, 0.2) is 4.99 Å². The molecule has 3 N–H and O–H groups in total. The van der Waals surface area contributed by atoms with E-state index in [9.17, 15) is 4.79 Å². The van der Waals surface area contributed by atoms with Crippen molar-refractivity contribution in [2.45, 2.75) is 71.3 Å². The largest absolute Gasteiger partial charge is 0.356 e. The molecule has 1 amide bonds. The minimum Gasteiger partial charge on any atom is -0.356 e. The van der Waals surface area contributed by atoms with Gasteiger partial charge in [-0.3, -0.25) is 9.79 Å². The van der Waals surface area contributed by atoms with Gasteiger partial charge in [0, 0.05) is 32.6 Å². The summed E-state index contributed by atoms with van der Waals surface area (Å²) in [4.78, 5) is 16.1. The number of nitrogens with zero attached hydrogens (tertiary/aromatic N) is 1. The summed E-state index contributed by atoms with van der Waals surface area (Å²) in [5.74, 6) is 1.61. The maximum atomic E-state index is 11.9. The molecule has 1 fully saturated rings. The Kier molecular flexibility index (Phi) is 9.67. The van der Waals surface area contributed by atoms with Crippen LogP contribution in [0.1, 0.15) is 65.2 Å². The van der Waals surface area contributed by atoms with E-state index in [2.05, 4.69) is 34.8 Å². The normalized spacial score (nSPS) is 16.6. The molecule has 1 aliphatic rings. The maximum Gasteiger partial charge on any atom is 0.221 e. The summed E-state index contributed by atoms with van der Waals surface area (Å²) in [6.07, 6.45) is 8.92. The number of carbonyl (C=O) groups is 1. The molecule has 0 heterocycles. The van der Waals surface area contributed by atoms with Crippen LogP contribution in [-0.4, -0.2) is 38.0 Å². The predicted molar refractivity (Wildman–Crippen MR) is 93.1 cm³/mol. The fourth-order valence-corrected chi connectivity index (χ4v) is 2.88. The Bertz CT molecular complexity index is 334. The van der Waals surface area contributed by atoms with Crippen molar-refractivity contribution in [3.05, 3.63) is 0 Å². The van der Waals surface area contributed by atoms with E-state index in [1.165, 1.54) is 32.1 Å². The van der Waals surface area contributed by atoms with Crippen LogP contribution in [0.25, 0.3) is 0 Å². The average molecular weight is 310 g/mol. The van der Waals surface area contributed by atoms with Gasteiger partial charge in [-0.2, -0.15) is 0 Å². The molecule has 0 saturated heterocycles. The molecule has 1 rings (SSSR count). The first-order chi connectivity index (χ1) is 10.7. The van der Waals surface area contributed by atoms with E-state index in [4.69, 9.17) is 0 Å². The lowest BCUT2D eigenvalue weighted by atomic mass is 9.95. The van der Waals surface area contributed by atoms with E-state index >= 15 is 0 Å². The average Bonchev–Trinajstić information content (AvgIpc) is 2.55. The molecule has 128 valence electrons. The third-order valence-corrected chi connectivity index (χ3v) is 4.55. The van der Waals surface area contributed by atoms with Crippen LogP contribution in [0.3, 0.4) is 0 Å². The summed E-state index contributed by atoms with van der Waals surface area (Å²) in [5.41, 5.74) is 0. The number of amides is 1. The van der Waals surface area contributed by atoms with Crippen LogP contribution in [0, 0.1) is 5.92 Å². The highest BCUT2D eigenvalue weighted by Crippen LogP contribution is 2.17. The van der Waals surface area contributed by atoms with Gasteiger partial charge in [0.25, 0.3) is 0 Å². The standard InChI is InChI=1S/C17H34N4O/c1-4-14(5-2)13-20-17(18-3)19-12-11-16(22)21-15-9-7-6-8-10-15/h14-15H,4-13H2,1-3H3,(H,21,22)(H2,18,19,20).